The van der Waals surface area contributed by atoms with E-state index in [0.717, 1.165) is 0 Å². The van der Waals surface area contributed by atoms with Crippen molar-refractivity contribution in [3.63, 3.8) is 0 Å². The van der Waals surface area contributed by atoms with E-state index in [0.29, 0.717) is 31.2 Å². The maximum Gasteiger partial charge on any atom is 0.270 e. The van der Waals surface area contributed by atoms with Crippen LogP contribution >= 0.6 is 0 Å². The lowest BCUT2D eigenvalue weighted by atomic mass is 10.3. The highest BCUT2D eigenvalue weighted by Gasteiger charge is 2.06. The van der Waals surface area contributed by atoms with E-state index in [-0.39, 0.29) is 5.91 Å². The summed E-state index contributed by atoms with van der Waals surface area (Å²) in [6.45, 7) is 3.66. The maximum absolute atomic E-state index is 11.5. The third-order valence-corrected chi connectivity index (χ3v) is 1.85. The van der Waals surface area contributed by atoms with E-state index < -0.39 is 0 Å². The van der Waals surface area contributed by atoms with Crippen LogP contribution in [0.15, 0.2) is 12.4 Å². The Bertz CT molecular complexity index is 343. The molecule has 0 aliphatic carbocycles. The van der Waals surface area contributed by atoms with Gasteiger partial charge in [0.1, 0.15) is 17.8 Å². The van der Waals surface area contributed by atoms with Crippen molar-refractivity contribution < 1.29 is 9.53 Å². The summed E-state index contributed by atoms with van der Waals surface area (Å²) >= 11 is 0. The Balaban J connectivity index is 2.60. The zero-order valence-corrected chi connectivity index (χ0v) is 9.49. The van der Waals surface area contributed by atoms with Gasteiger partial charge in [0, 0.05) is 26.3 Å². The minimum absolute atomic E-state index is 0.195. The predicted octanol–water partition coefficient (Wildman–Crippen LogP) is 0.285. The van der Waals surface area contributed by atoms with Crippen LogP contribution in [0, 0.1) is 0 Å². The van der Waals surface area contributed by atoms with Gasteiger partial charge in [0.25, 0.3) is 5.91 Å². The van der Waals surface area contributed by atoms with Crippen LogP contribution < -0.4 is 10.6 Å². The molecule has 0 radical (unpaired) electrons. The van der Waals surface area contributed by atoms with Crippen LogP contribution in [0.2, 0.25) is 0 Å². The molecule has 0 bridgehead atoms. The molecule has 1 rings (SSSR count). The number of ether oxygens (including phenoxy) is 1. The van der Waals surface area contributed by atoms with Crippen molar-refractivity contribution in [2.24, 2.45) is 0 Å². The summed E-state index contributed by atoms with van der Waals surface area (Å²) in [5.74, 6) is 0.424. The number of hydrogen-bond acceptors (Lipinski definition) is 5. The Hall–Kier alpha value is -1.69. The first-order valence-electron chi connectivity index (χ1n) is 5.11. The number of amides is 1. The lowest BCUT2D eigenvalue weighted by Crippen LogP contribution is -2.24. The van der Waals surface area contributed by atoms with Crippen LogP contribution in [0.25, 0.3) is 0 Å². The second-order valence-electron chi connectivity index (χ2n) is 3.07. The van der Waals surface area contributed by atoms with Gasteiger partial charge in [-0.3, -0.25) is 4.79 Å². The molecule has 2 N–H and O–H groups in total. The molecule has 0 aliphatic rings. The molecule has 6 heteroatoms. The summed E-state index contributed by atoms with van der Waals surface area (Å²) < 4.78 is 4.89. The highest BCUT2D eigenvalue weighted by atomic mass is 16.5. The fraction of sp³-hybridized carbons (Fsp3) is 0.500. The van der Waals surface area contributed by atoms with E-state index in [1.165, 1.54) is 6.33 Å². The molecule has 0 saturated heterocycles. The van der Waals surface area contributed by atoms with Crippen molar-refractivity contribution in [2.45, 2.75) is 6.92 Å². The van der Waals surface area contributed by atoms with Gasteiger partial charge >= 0.3 is 0 Å². The number of anilines is 1. The Morgan fingerprint density at radius 1 is 1.50 bits per heavy atom. The SMILES string of the molecule is CCNC(=O)c1cc(NCCOC)ncn1. The number of rotatable bonds is 6. The number of carbonyl (C=O) groups excluding carboxylic acids is 1. The quantitative estimate of drug-likeness (QED) is 0.679. The molecule has 1 aromatic heterocycles. The fourth-order valence-electron chi connectivity index (χ4n) is 1.11. The van der Waals surface area contributed by atoms with E-state index >= 15 is 0 Å². The van der Waals surface area contributed by atoms with E-state index in [2.05, 4.69) is 20.6 Å². The molecular weight excluding hydrogens is 208 g/mol. The lowest BCUT2D eigenvalue weighted by molar-refractivity contribution is 0.0950. The van der Waals surface area contributed by atoms with Gasteiger partial charge in [0.15, 0.2) is 0 Å². The average Bonchev–Trinajstić information content (AvgIpc) is 2.30. The number of hydrogen-bond donors (Lipinski definition) is 2. The van der Waals surface area contributed by atoms with Gasteiger partial charge in [0.05, 0.1) is 6.61 Å². The summed E-state index contributed by atoms with van der Waals surface area (Å²) in [4.78, 5) is 19.4. The Morgan fingerprint density at radius 3 is 3.00 bits per heavy atom. The van der Waals surface area contributed by atoms with Gasteiger partial charge in [-0.1, -0.05) is 0 Å². The van der Waals surface area contributed by atoms with Gasteiger partial charge < -0.3 is 15.4 Å². The van der Waals surface area contributed by atoms with Crippen LogP contribution in [-0.2, 0) is 4.74 Å². The number of aromatic nitrogens is 2. The fourth-order valence-corrected chi connectivity index (χ4v) is 1.11. The molecule has 0 saturated carbocycles. The summed E-state index contributed by atoms with van der Waals surface area (Å²) in [6, 6.07) is 1.61. The van der Waals surface area contributed by atoms with E-state index in [1.54, 1.807) is 13.2 Å². The summed E-state index contributed by atoms with van der Waals surface area (Å²) in [5, 5.41) is 5.70. The van der Waals surface area contributed by atoms with E-state index in [4.69, 9.17) is 4.74 Å². The number of methoxy groups -OCH3 is 1. The van der Waals surface area contributed by atoms with Crippen molar-refractivity contribution in [3.8, 4) is 0 Å². The molecular formula is C10H16N4O2. The molecule has 0 atom stereocenters. The zero-order chi connectivity index (χ0) is 11.8. The smallest absolute Gasteiger partial charge is 0.270 e. The van der Waals surface area contributed by atoms with Crippen LogP contribution in [0.3, 0.4) is 0 Å². The number of nitrogens with one attached hydrogen (secondary N) is 2. The summed E-state index contributed by atoms with van der Waals surface area (Å²) in [6.07, 6.45) is 1.36. The molecule has 0 aliphatic heterocycles. The first-order chi connectivity index (χ1) is 7.77. The van der Waals surface area contributed by atoms with Crippen molar-refractivity contribution in [3.05, 3.63) is 18.1 Å². The van der Waals surface area contributed by atoms with Crippen LogP contribution in [0.4, 0.5) is 5.82 Å². The zero-order valence-electron chi connectivity index (χ0n) is 9.49. The Morgan fingerprint density at radius 2 is 2.31 bits per heavy atom. The minimum atomic E-state index is -0.195. The second kappa shape index (κ2) is 6.73. The average molecular weight is 224 g/mol. The van der Waals surface area contributed by atoms with Gasteiger partial charge in [-0.2, -0.15) is 0 Å². The standard InChI is InChI=1S/C10H16N4O2/c1-3-11-10(15)8-6-9(14-7-13-8)12-4-5-16-2/h6-7H,3-5H2,1-2H3,(H,11,15)(H,12,13,14). The van der Waals surface area contributed by atoms with Gasteiger partial charge in [-0.25, -0.2) is 9.97 Å². The molecule has 0 aromatic carbocycles. The molecule has 6 nitrogen and oxygen atoms in total. The third-order valence-electron chi connectivity index (χ3n) is 1.85. The number of nitrogens with zero attached hydrogens (tertiary/aromatic N) is 2. The van der Waals surface area contributed by atoms with Crippen LogP contribution in [0.5, 0.6) is 0 Å². The summed E-state index contributed by atoms with van der Waals surface area (Å²) in [5.41, 5.74) is 0.358. The maximum atomic E-state index is 11.5. The summed E-state index contributed by atoms with van der Waals surface area (Å²) in [7, 11) is 1.63. The monoisotopic (exact) mass is 224 g/mol. The van der Waals surface area contributed by atoms with Crippen molar-refractivity contribution in [1.82, 2.24) is 15.3 Å². The molecule has 0 spiro atoms. The minimum Gasteiger partial charge on any atom is -0.383 e. The highest BCUT2D eigenvalue weighted by molar-refractivity contribution is 5.92. The van der Waals surface area contributed by atoms with Gasteiger partial charge in [-0.05, 0) is 6.92 Å². The molecule has 1 aromatic rings. The van der Waals surface area contributed by atoms with Crippen LogP contribution in [-0.4, -0.2) is 42.7 Å². The molecule has 1 amide bonds. The molecule has 16 heavy (non-hydrogen) atoms. The topological polar surface area (TPSA) is 76.1 Å². The van der Waals surface area contributed by atoms with Crippen molar-refractivity contribution >= 4 is 11.7 Å². The first-order valence-corrected chi connectivity index (χ1v) is 5.11. The first kappa shape index (κ1) is 12.4. The predicted molar refractivity (Wildman–Crippen MR) is 60.4 cm³/mol. The van der Waals surface area contributed by atoms with Crippen LogP contribution in [0.1, 0.15) is 17.4 Å². The molecule has 0 fully saturated rings. The molecule has 88 valence electrons. The highest BCUT2D eigenvalue weighted by Crippen LogP contribution is 2.03. The van der Waals surface area contributed by atoms with Crippen molar-refractivity contribution in [2.75, 3.05) is 32.1 Å². The van der Waals surface area contributed by atoms with Gasteiger partial charge in [0.2, 0.25) is 0 Å². The Kier molecular flexibility index (Phi) is 5.21. The largest absolute Gasteiger partial charge is 0.383 e. The molecule has 1 heterocycles. The van der Waals surface area contributed by atoms with Crippen molar-refractivity contribution in [1.29, 1.82) is 0 Å². The van der Waals surface area contributed by atoms with Gasteiger partial charge in [-0.15, -0.1) is 0 Å². The molecule has 0 unspecified atom stereocenters. The third kappa shape index (κ3) is 3.82. The second-order valence-corrected chi connectivity index (χ2v) is 3.07. The normalized spacial score (nSPS) is 9.88. The Labute approximate surface area is 94.4 Å². The number of carbonyl (C=O) groups is 1. The lowest BCUT2D eigenvalue weighted by Gasteiger charge is -2.06. The van der Waals surface area contributed by atoms with E-state index in [9.17, 15) is 4.79 Å². The van der Waals surface area contributed by atoms with E-state index in [1.807, 2.05) is 6.92 Å².